The highest BCUT2D eigenvalue weighted by atomic mass is 35.5. The fourth-order valence-corrected chi connectivity index (χ4v) is 4.23. The average Bonchev–Trinajstić information content (AvgIpc) is 2.62. The van der Waals surface area contributed by atoms with Gasteiger partial charge in [0.05, 0.1) is 10.8 Å². The second-order valence-electron chi connectivity index (χ2n) is 5.93. The molecule has 26 heavy (non-hydrogen) atoms. The fraction of sp³-hybridized carbons (Fsp3) is 0.312. The molecule has 1 N–H and O–H groups in total. The summed E-state index contributed by atoms with van der Waals surface area (Å²) in [5, 5.41) is 8.37. The summed E-state index contributed by atoms with van der Waals surface area (Å²) in [5.41, 5.74) is 0. The minimum atomic E-state index is -3.97. The van der Waals surface area contributed by atoms with E-state index in [2.05, 4.69) is 14.9 Å². The first-order valence-corrected chi connectivity index (χ1v) is 10.2. The quantitative estimate of drug-likeness (QED) is 0.825. The maximum atomic E-state index is 12.5. The van der Waals surface area contributed by atoms with Gasteiger partial charge < -0.3 is 4.90 Å². The van der Waals surface area contributed by atoms with Crippen LogP contribution in [0.3, 0.4) is 0 Å². The summed E-state index contributed by atoms with van der Waals surface area (Å²) in [5.74, 6) is -0.420. The second-order valence-corrected chi connectivity index (χ2v) is 8.43. The zero-order valence-corrected chi connectivity index (χ0v) is 15.9. The van der Waals surface area contributed by atoms with E-state index in [0.29, 0.717) is 25.3 Å². The molecule has 3 rings (SSSR count). The van der Waals surface area contributed by atoms with Gasteiger partial charge in [0.1, 0.15) is 0 Å². The molecule has 1 amide bonds. The third-order valence-electron chi connectivity index (χ3n) is 4.08. The van der Waals surface area contributed by atoms with Crippen LogP contribution in [0.5, 0.6) is 0 Å². The van der Waals surface area contributed by atoms with Crippen molar-refractivity contribution in [3.8, 4) is 0 Å². The minimum absolute atomic E-state index is 0.0467. The lowest BCUT2D eigenvalue weighted by molar-refractivity contribution is -0.123. The molecule has 7 nitrogen and oxygen atoms in total. The zero-order chi connectivity index (χ0) is 18.7. The van der Waals surface area contributed by atoms with E-state index in [1.165, 1.54) is 18.2 Å². The Balaban J connectivity index is 1.70. The standard InChI is InChI=1S/C16H16Cl2N4O3S/c17-12-4-1-5-13(9-12)26(24,25)21-16(23)11-3-2-8-22(10-11)15-7-6-14(18)19-20-15/h1,4-7,9,11H,2-3,8,10H2,(H,21,23). The third-order valence-corrected chi connectivity index (χ3v) is 5.86. The lowest BCUT2D eigenvalue weighted by Crippen LogP contribution is -2.45. The summed E-state index contributed by atoms with van der Waals surface area (Å²) in [7, 11) is -3.97. The van der Waals surface area contributed by atoms with Crippen molar-refractivity contribution in [2.45, 2.75) is 17.7 Å². The molecule has 0 radical (unpaired) electrons. The molecule has 138 valence electrons. The van der Waals surface area contributed by atoms with Crippen molar-refractivity contribution in [3.05, 3.63) is 46.6 Å². The van der Waals surface area contributed by atoms with Crippen LogP contribution in [0.4, 0.5) is 5.82 Å². The zero-order valence-electron chi connectivity index (χ0n) is 13.6. The summed E-state index contributed by atoms with van der Waals surface area (Å²) < 4.78 is 26.9. The first kappa shape index (κ1) is 18.9. The van der Waals surface area contributed by atoms with Gasteiger partial charge in [-0.25, -0.2) is 13.1 Å². The number of benzene rings is 1. The molecule has 1 saturated heterocycles. The van der Waals surface area contributed by atoms with E-state index in [4.69, 9.17) is 23.2 Å². The Morgan fingerprint density at radius 3 is 2.69 bits per heavy atom. The van der Waals surface area contributed by atoms with Gasteiger partial charge in [-0.15, -0.1) is 10.2 Å². The van der Waals surface area contributed by atoms with Crippen LogP contribution in [0.2, 0.25) is 10.2 Å². The summed E-state index contributed by atoms with van der Waals surface area (Å²) in [6.45, 7) is 1.06. The number of anilines is 1. The average molecular weight is 415 g/mol. The molecule has 0 spiro atoms. The van der Waals surface area contributed by atoms with Crippen molar-refractivity contribution < 1.29 is 13.2 Å². The molecule has 0 aliphatic carbocycles. The number of aromatic nitrogens is 2. The van der Waals surface area contributed by atoms with Gasteiger partial charge in [0.15, 0.2) is 11.0 Å². The molecule has 2 heterocycles. The van der Waals surface area contributed by atoms with Gasteiger partial charge >= 0.3 is 0 Å². The molecule has 1 aromatic carbocycles. The lowest BCUT2D eigenvalue weighted by Gasteiger charge is -2.32. The molecule has 10 heteroatoms. The number of hydrogen-bond acceptors (Lipinski definition) is 6. The van der Waals surface area contributed by atoms with Gasteiger partial charge in [-0.05, 0) is 43.2 Å². The molecular formula is C16H16Cl2N4O3S. The third kappa shape index (κ3) is 4.44. The molecule has 1 aromatic heterocycles. The number of hydrogen-bond donors (Lipinski definition) is 1. The lowest BCUT2D eigenvalue weighted by atomic mass is 9.97. The minimum Gasteiger partial charge on any atom is -0.354 e. The number of rotatable bonds is 4. The number of sulfonamides is 1. The smallest absolute Gasteiger partial charge is 0.264 e. The van der Waals surface area contributed by atoms with Crippen LogP contribution in [0.15, 0.2) is 41.3 Å². The Hall–Kier alpha value is -1.90. The van der Waals surface area contributed by atoms with Crippen LogP contribution in [0.1, 0.15) is 12.8 Å². The van der Waals surface area contributed by atoms with E-state index in [1.54, 1.807) is 18.2 Å². The highest BCUT2D eigenvalue weighted by molar-refractivity contribution is 7.90. The Labute approximate surface area is 161 Å². The highest BCUT2D eigenvalue weighted by Crippen LogP contribution is 2.23. The van der Waals surface area contributed by atoms with Crippen LogP contribution >= 0.6 is 23.2 Å². The molecule has 0 bridgehead atoms. The Bertz CT molecular complexity index is 906. The monoisotopic (exact) mass is 414 g/mol. The van der Waals surface area contributed by atoms with Gasteiger partial charge in [0, 0.05) is 18.1 Å². The molecule has 2 aromatic rings. The Morgan fingerprint density at radius 2 is 2.00 bits per heavy atom. The number of halogens is 2. The Morgan fingerprint density at radius 1 is 1.19 bits per heavy atom. The summed E-state index contributed by atoms with van der Waals surface area (Å²) in [6, 6.07) is 9.11. The van der Waals surface area contributed by atoms with E-state index in [1.807, 2.05) is 4.90 Å². The van der Waals surface area contributed by atoms with Crippen molar-refractivity contribution in [1.29, 1.82) is 0 Å². The Kier molecular flexibility index (Phi) is 5.64. The van der Waals surface area contributed by atoms with Crippen molar-refractivity contribution in [2.24, 2.45) is 5.92 Å². The first-order valence-electron chi connectivity index (χ1n) is 7.91. The molecule has 1 atom stereocenters. The maximum absolute atomic E-state index is 12.5. The molecule has 1 aliphatic rings. The summed E-state index contributed by atoms with van der Waals surface area (Å²) in [4.78, 5) is 14.3. The molecule has 1 aliphatic heterocycles. The summed E-state index contributed by atoms with van der Waals surface area (Å²) >= 11 is 11.6. The SMILES string of the molecule is O=C(NS(=O)(=O)c1cccc(Cl)c1)C1CCCN(c2ccc(Cl)nn2)C1. The van der Waals surface area contributed by atoms with Gasteiger partial charge in [-0.1, -0.05) is 29.3 Å². The van der Waals surface area contributed by atoms with E-state index < -0.39 is 21.8 Å². The van der Waals surface area contributed by atoms with Crippen molar-refractivity contribution in [3.63, 3.8) is 0 Å². The highest BCUT2D eigenvalue weighted by Gasteiger charge is 2.29. The van der Waals surface area contributed by atoms with Gasteiger partial charge in [0.2, 0.25) is 5.91 Å². The number of nitrogens with one attached hydrogen (secondary N) is 1. The molecular weight excluding hydrogens is 399 g/mol. The largest absolute Gasteiger partial charge is 0.354 e. The second kappa shape index (κ2) is 7.77. The first-order chi connectivity index (χ1) is 12.3. The van der Waals surface area contributed by atoms with E-state index >= 15 is 0 Å². The van der Waals surface area contributed by atoms with Crippen LogP contribution in [-0.4, -0.2) is 37.6 Å². The van der Waals surface area contributed by atoms with Gasteiger partial charge in [-0.3, -0.25) is 4.79 Å². The van der Waals surface area contributed by atoms with Gasteiger partial charge in [0.25, 0.3) is 10.0 Å². The predicted molar refractivity (Wildman–Crippen MR) is 98.8 cm³/mol. The predicted octanol–water partition coefficient (Wildman–Crippen LogP) is 2.50. The van der Waals surface area contributed by atoms with Crippen molar-refractivity contribution in [1.82, 2.24) is 14.9 Å². The maximum Gasteiger partial charge on any atom is 0.264 e. The number of carbonyl (C=O) groups is 1. The van der Waals surface area contributed by atoms with E-state index in [9.17, 15) is 13.2 Å². The van der Waals surface area contributed by atoms with Crippen LogP contribution < -0.4 is 9.62 Å². The number of carbonyl (C=O) groups excluding carboxylic acids is 1. The number of piperidine rings is 1. The fourth-order valence-electron chi connectivity index (χ4n) is 2.79. The molecule has 1 unspecified atom stereocenters. The van der Waals surface area contributed by atoms with E-state index in [-0.39, 0.29) is 15.1 Å². The summed E-state index contributed by atoms with van der Waals surface area (Å²) in [6.07, 6.45) is 1.33. The number of amides is 1. The van der Waals surface area contributed by atoms with E-state index in [0.717, 1.165) is 6.42 Å². The van der Waals surface area contributed by atoms with Crippen molar-refractivity contribution in [2.75, 3.05) is 18.0 Å². The van der Waals surface area contributed by atoms with Crippen LogP contribution in [0, 0.1) is 5.92 Å². The number of nitrogens with zero attached hydrogens (tertiary/aromatic N) is 3. The van der Waals surface area contributed by atoms with Crippen LogP contribution in [-0.2, 0) is 14.8 Å². The topological polar surface area (TPSA) is 92.3 Å². The molecule has 1 fully saturated rings. The van der Waals surface area contributed by atoms with Crippen molar-refractivity contribution >= 4 is 45.0 Å². The van der Waals surface area contributed by atoms with Crippen LogP contribution in [0.25, 0.3) is 0 Å². The molecule has 0 saturated carbocycles. The van der Waals surface area contributed by atoms with Gasteiger partial charge in [-0.2, -0.15) is 0 Å². The normalized spacial score (nSPS) is 17.8.